The highest BCUT2D eigenvalue weighted by atomic mass is 14.8. The number of pyridine rings is 1. The Morgan fingerprint density at radius 3 is 2.62 bits per heavy atom. The lowest BCUT2D eigenvalue weighted by Crippen LogP contribution is -2.12. The Bertz CT molecular complexity index is 368. The van der Waals surface area contributed by atoms with E-state index in [1.54, 1.807) is 0 Å². The van der Waals surface area contributed by atoms with Crippen LogP contribution in [-0.4, -0.2) is 4.98 Å². The van der Waals surface area contributed by atoms with E-state index in [4.69, 9.17) is 11.5 Å². The molecule has 0 unspecified atom stereocenters. The van der Waals surface area contributed by atoms with Gasteiger partial charge in [-0.15, -0.1) is 0 Å². The predicted octanol–water partition coefficient (Wildman–Crippen LogP) is 2.48. The first-order valence-corrected chi connectivity index (χ1v) is 6.18. The molecule has 4 N–H and O–H groups in total. The van der Waals surface area contributed by atoms with Crippen molar-refractivity contribution >= 4 is 5.69 Å². The van der Waals surface area contributed by atoms with Gasteiger partial charge in [0.05, 0.1) is 11.4 Å². The minimum Gasteiger partial charge on any atom is -0.397 e. The average molecular weight is 219 g/mol. The van der Waals surface area contributed by atoms with E-state index in [-0.39, 0.29) is 0 Å². The molecule has 3 nitrogen and oxygen atoms in total. The van der Waals surface area contributed by atoms with Gasteiger partial charge in [0.25, 0.3) is 0 Å². The van der Waals surface area contributed by atoms with Crippen LogP contribution in [0.1, 0.15) is 54.8 Å². The number of aromatic nitrogens is 1. The monoisotopic (exact) mass is 219 g/mol. The van der Waals surface area contributed by atoms with Crippen LogP contribution < -0.4 is 11.5 Å². The predicted molar refractivity (Wildman–Crippen MR) is 67.1 cm³/mol. The fourth-order valence-corrected chi connectivity index (χ4v) is 2.59. The van der Waals surface area contributed by atoms with Gasteiger partial charge in [0.1, 0.15) is 0 Å². The van der Waals surface area contributed by atoms with Gasteiger partial charge in [-0.2, -0.15) is 0 Å². The molecule has 3 heteroatoms. The van der Waals surface area contributed by atoms with Crippen LogP contribution in [-0.2, 0) is 6.54 Å². The van der Waals surface area contributed by atoms with Crippen LogP contribution in [0.25, 0.3) is 0 Å². The summed E-state index contributed by atoms with van der Waals surface area (Å²) >= 11 is 0. The third kappa shape index (κ3) is 2.05. The lowest BCUT2D eigenvalue weighted by Gasteiger charge is -2.23. The van der Waals surface area contributed by atoms with Gasteiger partial charge in [0, 0.05) is 18.7 Å². The van der Waals surface area contributed by atoms with Gasteiger partial charge < -0.3 is 11.5 Å². The lowest BCUT2D eigenvalue weighted by molar-refractivity contribution is 0.437. The average Bonchev–Trinajstić information content (AvgIpc) is 2.34. The maximum absolute atomic E-state index is 6.17. The second-order valence-electron chi connectivity index (χ2n) is 4.75. The molecule has 0 radical (unpaired) electrons. The quantitative estimate of drug-likeness (QED) is 0.803. The lowest BCUT2D eigenvalue weighted by atomic mass is 9.85. The van der Waals surface area contributed by atoms with Gasteiger partial charge in [-0.05, 0) is 30.9 Å². The van der Waals surface area contributed by atoms with E-state index < -0.39 is 0 Å². The van der Waals surface area contributed by atoms with Gasteiger partial charge in [0.15, 0.2) is 0 Å². The van der Waals surface area contributed by atoms with Gasteiger partial charge in [-0.1, -0.05) is 19.3 Å². The maximum atomic E-state index is 6.17. The van der Waals surface area contributed by atoms with Crippen LogP contribution in [0.3, 0.4) is 0 Å². The minimum atomic E-state index is 0.522. The van der Waals surface area contributed by atoms with Crippen molar-refractivity contribution in [1.82, 2.24) is 4.98 Å². The number of nitrogens with zero attached hydrogens (tertiary/aromatic N) is 1. The highest BCUT2D eigenvalue weighted by Crippen LogP contribution is 2.35. The zero-order valence-corrected chi connectivity index (χ0v) is 10.00. The minimum absolute atomic E-state index is 0.522. The Balaban J connectivity index is 2.30. The highest BCUT2D eigenvalue weighted by Gasteiger charge is 2.20. The van der Waals surface area contributed by atoms with Crippen molar-refractivity contribution in [2.75, 3.05) is 5.73 Å². The standard InChI is InChI=1S/C13H21N3/c1-9-11(7-14)8-16-13(12(9)15)10-5-3-2-4-6-10/h8,10H,2-7,14-15H2,1H3. The maximum Gasteiger partial charge on any atom is 0.0666 e. The first kappa shape index (κ1) is 11.4. The van der Waals surface area contributed by atoms with Gasteiger partial charge in [0.2, 0.25) is 0 Å². The Labute approximate surface area is 97.2 Å². The van der Waals surface area contributed by atoms with Gasteiger partial charge in [-0.3, -0.25) is 4.98 Å². The molecule has 0 saturated heterocycles. The number of hydrogen-bond donors (Lipinski definition) is 2. The number of anilines is 1. The molecule has 2 rings (SSSR count). The molecule has 1 aromatic rings. The van der Waals surface area contributed by atoms with E-state index >= 15 is 0 Å². The molecule has 0 spiro atoms. The van der Waals surface area contributed by atoms with Crippen molar-refractivity contribution in [2.24, 2.45) is 5.73 Å². The van der Waals surface area contributed by atoms with E-state index in [0.717, 1.165) is 22.5 Å². The Morgan fingerprint density at radius 2 is 2.00 bits per heavy atom. The summed E-state index contributed by atoms with van der Waals surface area (Å²) in [7, 11) is 0. The third-order valence-electron chi connectivity index (χ3n) is 3.73. The van der Waals surface area contributed by atoms with Crippen LogP contribution in [0.4, 0.5) is 5.69 Å². The van der Waals surface area contributed by atoms with Gasteiger partial charge >= 0.3 is 0 Å². The molecule has 88 valence electrons. The van der Waals surface area contributed by atoms with Crippen LogP contribution >= 0.6 is 0 Å². The molecule has 16 heavy (non-hydrogen) atoms. The normalized spacial score (nSPS) is 17.6. The summed E-state index contributed by atoms with van der Waals surface area (Å²) in [5, 5.41) is 0. The molecule has 1 aliphatic carbocycles. The second kappa shape index (κ2) is 4.83. The van der Waals surface area contributed by atoms with E-state index in [9.17, 15) is 0 Å². The molecule has 0 aliphatic heterocycles. The highest BCUT2D eigenvalue weighted by molar-refractivity contribution is 5.54. The summed E-state index contributed by atoms with van der Waals surface area (Å²) in [6.07, 6.45) is 8.34. The first-order valence-electron chi connectivity index (χ1n) is 6.18. The molecule has 1 fully saturated rings. The van der Waals surface area contributed by atoms with Crippen molar-refractivity contribution in [3.8, 4) is 0 Å². The van der Waals surface area contributed by atoms with E-state index in [2.05, 4.69) is 4.98 Å². The van der Waals surface area contributed by atoms with Crippen molar-refractivity contribution in [2.45, 2.75) is 51.5 Å². The van der Waals surface area contributed by atoms with E-state index in [1.807, 2.05) is 13.1 Å². The largest absolute Gasteiger partial charge is 0.397 e. The first-order chi connectivity index (χ1) is 7.74. The molecule has 1 aliphatic rings. The Morgan fingerprint density at radius 1 is 1.31 bits per heavy atom. The van der Waals surface area contributed by atoms with Crippen LogP contribution in [0.2, 0.25) is 0 Å². The molecular formula is C13H21N3. The molecule has 0 aromatic carbocycles. The van der Waals surface area contributed by atoms with Crippen molar-refractivity contribution < 1.29 is 0 Å². The molecule has 0 amide bonds. The van der Waals surface area contributed by atoms with Crippen LogP contribution in [0.15, 0.2) is 6.20 Å². The van der Waals surface area contributed by atoms with Crippen molar-refractivity contribution in [1.29, 1.82) is 0 Å². The molecule has 1 saturated carbocycles. The molecule has 0 atom stereocenters. The van der Waals surface area contributed by atoms with E-state index in [0.29, 0.717) is 12.5 Å². The Kier molecular flexibility index (Phi) is 3.44. The zero-order valence-electron chi connectivity index (χ0n) is 10.00. The summed E-state index contributed by atoms with van der Waals surface area (Å²) in [4.78, 5) is 4.53. The van der Waals surface area contributed by atoms with Gasteiger partial charge in [-0.25, -0.2) is 0 Å². The van der Waals surface area contributed by atoms with Crippen LogP contribution in [0, 0.1) is 6.92 Å². The summed E-state index contributed by atoms with van der Waals surface area (Å²) in [5.74, 6) is 0.569. The molecule has 1 aromatic heterocycles. The second-order valence-corrected chi connectivity index (χ2v) is 4.75. The number of nitrogens with two attached hydrogens (primary N) is 2. The SMILES string of the molecule is Cc1c(CN)cnc(C2CCCCC2)c1N. The fraction of sp³-hybridized carbons (Fsp3) is 0.615. The topological polar surface area (TPSA) is 64.9 Å². The summed E-state index contributed by atoms with van der Waals surface area (Å²) in [5.41, 5.74) is 16.0. The fourth-order valence-electron chi connectivity index (χ4n) is 2.59. The molecule has 0 bridgehead atoms. The van der Waals surface area contributed by atoms with Crippen molar-refractivity contribution in [3.05, 3.63) is 23.0 Å². The smallest absolute Gasteiger partial charge is 0.0666 e. The summed E-state index contributed by atoms with van der Waals surface area (Å²) < 4.78 is 0. The number of nitrogen functional groups attached to an aromatic ring is 1. The zero-order chi connectivity index (χ0) is 11.5. The third-order valence-corrected chi connectivity index (χ3v) is 3.73. The van der Waals surface area contributed by atoms with Crippen LogP contribution in [0.5, 0.6) is 0 Å². The summed E-state index contributed by atoms with van der Waals surface area (Å²) in [6.45, 7) is 2.57. The molecule has 1 heterocycles. The number of rotatable bonds is 2. The molecular weight excluding hydrogens is 198 g/mol. The van der Waals surface area contributed by atoms with Crippen molar-refractivity contribution in [3.63, 3.8) is 0 Å². The Hall–Kier alpha value is -1.09. The van der Waals surface area contributed by atoms with E-state index in [1.165, 1.54) is 32.1 Å². The number of hydrogen-bond acceptors (Lipinski definition) is 3. The summed E-state index contributed by atoms with van der Waals surface area (Å²) in [6, 6.07) is 0.